The van der Waals surface area contributed by atoms with E-state index < -0.39 is 61.5 Å². The zero-order chi connectivity index (χ0) is 37.0. The Hall–Kier alpha value is -2.28. The van der Waals surface area contributed by atoms with Gasteiger partial charge in [0.2, 0.25) is 17.7 Å². The van der Waals surface area contributed by atoms with Crippen LogP contribution in [-0.2, 0) is 23.9 Å². The highest BCUT2D eigenvalue weighted by Crippen LogP contribution is 2.26. The van der Waals surface area contributed by atoms with E-state index in [0.29, 0.717) is 19.4 Å². The molecule has 0 saturated carbocycles. The first kappa shape index (κ1) is 45.7. The summed E-state index contributed by atoms with van der Waals surface area (Å²) in [6, 6.07) is -1.22. The Morgan fingerprint density at radius 3 is 1.58 bits per heavy atom. The summed E-state index contributed by atoms with van der Waals surface area (Å²) >= 11 is 0. The summed E-state index contributed by atoms with van der Waals surface area (Å²) in [4.78, 5) is 50.9. The first-order chi connectivity index (χ1) is 24.2. The standard InChI is InChI=1S/C38H71N3O9/c1-3-5-7-9-11-13-15-16-18-20-22-24-33(45)41(27-23-21-19-17-14-12-10-8-6-4-2)38-35(37(49)36(48)30(29-42)50-38)40-32(44)28-39-31(43)25-26-34(46)47/h30,35-38,42,48-49H,3-29H2,1-2H3,(H,39,43)(H,40,44)(H,46,47)/t30-,35+,36+,37-,38-/m1/s1. The molecule has 292 valence electrons. The number of aliphatic hydroxyl groups is 3. The molecule has 50 heavy (non-hydrogen) atoms. The van der Waals surface area contributed by atoms with Crippen LogP contribution in [0.15, 0.2) is 0 Å². The smallest absolute Gasteiger partial charge is 0.303 e. The Morgan fingerprint density at radius 1 is 0.620 bits per heavy atom. The number of carbonyl (C=O) groups excluding carboxylic acids is 3. The van der Waals surface area contributed by atoms with Gasteiger partial charge in [0.05, 0.1) is 19.6 Å². The normalized spacial score (nSPS) is 20.4. The lowest BCUT2D eigenvalue weighted by Crippen LogP contribution is -2.69. The number of aliphatic hydroxyl groups excluding tert-OH is 3. The Bertz CT molecular complexity index is 922. The number of carboxylic acids is 1. The van der Waals surface area contributed by atoms with Crippen LogP contribution < -0.4 is 10.6 Å². The van der Waals surface area contributed by atoms with Gasteiger partial charge in [-0.3, -0.25) is 19.2 Å². The van der Waals surface area contributed by atoms with Gasteiger partial charge in [-0.1, -0.05) is 136 Å². The van der Waals surface area contributed by atoms with Crippen molar-refractivity contribution in [1.82, 2.24) is 15.5 Å². The molecule has 1 fully saturated rings. The van der Waals surface area contributed by atoms with Gasteiger partial charge in [0, 0.05) is 19.4 Å². The van der Waals surface area contributed by atoms with Crippen molar-refractivity contribution >= 4 is 23.7 Å². The molecule has 1 rings (SSSR count). The summed E-state index contributed by atoms with van der Waals surface area (Å²) in [6.07, 6.45) is 18.1. The quantitative estimate of drug-likeness (QED) is 0.0516. The van der Waals surface area contributed by atoms with Gasteiger partial charge in [-0.05, 0) is 12.8 Å². The van der Waals surface area contributed by atoms with Crippen LogP contribution in [0.25, 0.3) is 0 Å². The van der Waals surface area contributed by atoms with Crippen LogP contribution in [0.2, 0.25) is 0 Å². The molecule has 1 aliphatic heterocycles. The summed E-state index contributed by atoms with van der Waals surface area (Å²) in [6.45, 7) is 3.68. The number of hydrogen-bond acceptors (Lipinski definition) is 8. The second kappa shape index (κ2) is 29.3. The number of hydrogen-bond donors (Lipinski definition) is 6. The molecule has 0 aromatic carbocycles. The molecule has 0 bridgehead atoms. The third-order valence-corrected chi connectivity index (χ3v) is 9.61. The molecule has 0 aromatic heterocycles. The average Bonchev–Trinajstić information content (AvgIpc) is 3.10. The molecule has 0 aromatic rings. The number of carboxylic acid groups (broad SMARTS) is 1. The predicted molar refractivity (Wildman–Crippen MR) is 194 cm³/mol. The van der Waals surface area contributed by atoms with Crippen LogP contribution in [0.1, 0.15) is 168 Å². The van der Waals surface area contributed by atoms with Crippen LogP contribution >= 0.6 is 0 Å². The molecule has 0 aliphatic carbocycles. The Kier molecular flexibility index (Phi) is 26.8. The van der Waals surface area contributed by atoms with Crippen molar-refractivity contribution in [3.8, 4) is 0 Å². The van der Waals surface area contributed by atoms with Crippen LogP contribution in [0.5, 0.6) is 0 Å². The predicted octanol–water partition coefficient (Wildman–Crippen LogP) is 5.34. The van der Waals surface area contributed by atoms with Crippen molar-refractivity contribution in [3.63, 3.8) is 0 Å². The number of nitrogens with zero attached hydrogens (tertiary/aromatic N) is 1. The largest absolute Gasteiger partial charge is 0.481 e. The van der Waals surface area contributed by atoms with E-state index in [4.69, 9.17) is 9.84 Å². The van der Waals surface area contributed by atoms with Gasteiger partial charge < -0.3 is 40.7 Å². The van der Waals surface area contributed by atoms with E-state index in [9.17, 15) is 34.5 Å². The molecule has 1 aliphatic rings. The van der Waals surface area contributed by atoms with E-state index in [1.165, 1.54) is 88.4 Å². The molecule has 0 unspecified atom stereocenters. The average molecular weight is 714 g/mol. The third kappa shape index (κ3) is 20.5. The Morgan fingerprint density at radius 2 is 1.10 bits per heavy atom. The SMILES string of the molecule is CCCCCCCCCCCCCC(=O)N(CCCCCCCCCCCC)[C@@H]1O[C@H](CO)[C@H](O)[C@H](O)[C@@H]1NC(=O)CNC(=O)CCC(=O)O. The van der Waals surface area contributed by atoms with Crippen molar-refractivity contribution in [1.29, 1.82) is 0 Å². The van der Waals surface area contributed by atoms with Gasteiger partial charge in [-0.2, -0.15) is 0 Å². The lowest BCUT2D eigenvalue weighted by atomic mass is 9.94. The van der Waals surface area contributed by atoms with Crippen molar-refractivity contribution in [3.05, 3.63) is 0 Å². The van der Waals surface area contributed by atoms with Gasteiger partial charge in [-0.25, -0.2) is 0 Å². The number of amides is 3. The van der Waals surface area contributed by atoms with Crippen LogP contribution in [-0.4, -0.2) is 99.3 Å². The minimum Gasteiger partial charge on any atom is -0.481 e. The maximum Gasteiger partial charge on any atom is 0.303 e. The molecular weight excluding hydrogens is 642 g/mol. The zero-order valence-electron chi connectivity index (χ0n) is 31.3. The van der Waals surface area contributed by atoms with E-state index in [0.717, 1.165) is 38.5 Å². The summed E-state index contributed by atoms with van der Waals surface area (Å²) in [5.41, 5.74) is 0. The summed E-state index contributed by atoms with van der Waals surface area (Å²) in [5.74, 6) is -2.63. The van der Waals surface area contributed by atoms with Crippen molar-refractivity contribution in [2.45, 2.75) is 199 Å². The highest BCUT2D eigenvalue weighted by Gasteiger charge is 2.48. The number of rotatable bonds is 31. The van der Waals surface area contributed by atoms with Crippen LogP contribution in [0.3, 0.4) is 0 Å². The van der Waals surface area contributed by atoms with Crippen LogP contribution in [0.4, 0.5) is 0 Å². The fraction of sp³-hybridized carbons (Fsp3) is 0.895. The molecule has 1 saturated heterocycles. The number of aliphatic carboxylic acids is 1. The highest BCUT2D eigenvalue weighted by molar-refractivity contribution is 5.86. The van der Waals surface area contributed by atoms with Crippen molar-refractivity contribution in [2.24, 2.45) is 0 Å². The summed E-state index contributed by atoms with van der Waals surface area (Å²) in [7, 11) is 0. The second-order valence-corrected chi connectivity index (χ2v) is 14.0. The van der Waals surface area contributed by atoms with Crippen molar-refractivity contribution in [2.75, 3.05) is 19.7 Å². The topological polar surface area (TPSA) is 186 Å². The molecule has 0 radical (unpaired) electrons. The molecular formula is C38H71N3O9. The first-order valence-corrected chi connectivity index (χ1v) is 19.9. The second-order valence-electron chi connectivity index (χ2n) is 14.0. The summed E-state index contributed by atoms with van der Waals surface area (Å²) < 4.78 is 6.03. The number of unbranched alkanes of at least 4 members (excludes halogenated alkanes) is 19. The number of nitrogens with one attached hydrogen (secondary N) is 2. The fourth-order valence-electron chi connectivity index (χ4n) is 6.49. The maximum atomic E-state index is 13.8. The molecule has 12 nitrogen and oxygen atoms in total. The fourth-order valence-corrected chi connectivity index (χ4v) is 6.49. The molecule has 6 N–H and O–H groups in total. The Labute approximate surface area is 301 Å². The van der Waals surface area contributed by atoms with E-state index in [1.807, 2.05) is 0 Å². The zero-order valence-corrected chi connectivity index (χ0v) is 31.3. The highest BCUT2D eigenvalue weighted by atomic mass is 16.5. The number of ether oxygens (including phenoxy) is 1. The molecule has 12 heteroatoms. The van der Waals surface area contributed by atoms with Gasteiger partial charge >= 0.3 is 5.97 Å². The van der Waals surface area contributed by atoms with Gasteiger partial charge in [0.25, 0.3) is 0 Å². The van der Waals surface area contributed by atoms with E-state index in [2.05, 4.69) is 24.5 Å². The third-order valence-electron chi connectivity index (χ3n) is 9.61. The maximum absolute atomic E-state index is 13.8. The lowest BCUT2D eigenvalue weighted by Gasteiger charge is -2.47. The minimum atomic E-state index is -1.55. The molecule has 1 heterocycles. The molecule has 3 amide bonds. The van der Waals surface area contributed by atoms with Crippen molar-refractivity contribution < 1.29 is 44.3 Å². The molecule has 5 atom stereocenters. The van der Waals surface area contributed by atoms with Gasteiger partial charge in [-0.15, -0.1) is 0 Å². The minimum absolute atomic E-state index is 0.177. The van der Waals surface area contributed by atoms with Crippen LogP contribution in [0, 0.1) is 0 Å². The number of carbonyl (C=O) groups is 4. The van der Waals surface area contributed by atoms with E-state index in [1.54, 1.807) is 0 Å². The Balaban J connectivity index is 2.85. The monoisotopic (exact) mass is 714 g/mol. The van der Waals surface area contributed by atoms with Gasteiger partial charge in [0.1, 0.15) is 24.4 Å². The van der Waals surface area contributed by atoms with E-state index >= 15 is 0 Å². The summed E-state index contributed by atoms with van der Waals surface area (Å²) in [5, 5.41) is 45.5. The van der Waals surface area contributed by atoms with E-state index in [-0.39, 0.29) is 25.2 Å². The lowest BCUT2D eigenvalue weighted by molar-refractivity contribution is -0.231. The van der Waals surface area contributed by atoms with Gasteiger partial charge in [0.15, 0.2) is 6.23 Å². The first-order valence-electron chi connectivity index (χ1n) is 19.9. The molecule has 0 spiro atoms.